The van der Waals surface area contributed by atoms with Crippen LogP contribution in [0.3, 0.4) is 0 Å². The predicted octanol–water partition coefficient (Wildman–Crippen LogP) is 0.147. The SMILES string of the molecule is NC1=NC(N)(c2ccc(C=CCN3CCN(C4CCCC4)CC3)nc2)NN1. The highest BCUT2D eigenvalue weighted by Gasteiger charge is 2.31. The van der Waals surface area contributed by atoms with Gasteiger partial charge in [0.15, 0.2) is 0 Å². The fraction of sp³-hybridized carbons (Fsp3) is 0.579. The number of hydrogen-bond acceptors (Lipinski definition) is 8. The zero-order valence-corrected chi connectivity index (χ0v) is 15.8. The maximum atomic E-state index is 6.17. The number of nitrogens with zero attached hydrogens (tertiary/aromatic N) is 4. The molecule has 1 aromatic heterocycles. The highest BCUT2D eigenvalue weighted by atomic mass is 15.6. The molecule has 0 aromatic carbocycles. The standard InChI is InChI=1S/C19H30N8/c20-18-23-19(21,25-24-18)15-7-8-16(22-14-15)4-3-9-26-10-12-27(13-11-26)17-5-1-2-6-17/h3-4,7-8,14,17,25H,1-2,5-6,9-13,21H2,(H3,20,23,24). The van der Waals surface area contributed by atoms with E-state index in [1.165, 1.54) is 38.8 Å². The lowest BCUT2D eigenvalue weighted by molar-refractivity contribution is 0.105. The molecule has 0 bridgehead atoms. The van der Waals surface area contributed by atoms with E-state index in [0.717, 1.165) is 36.9 Å². The van der Waals surface area contributed by atoms with Crippen molar-refractivity contribution in [1.82, 2.24) is 25.6 Å². The summed E-state index contributed by atoms with van der Waals surface area (Å²) in [5.74, 6) is -0.785. The normalized spacial score (nSPS) is 28.0. The van der Waals surface area contributed by atoms with Gasteiger partial charge in [-0.15, -0.1) is 0 Å². The Kier molecular flexibility index (Phi) is 5.40. The lowest BCUT2D eigenvalue weighted by Crippen LogP contribution is -2.50. The molecule has 1 saturated heterocycles. The van der Waals surface area contributed by atoms with Crippen LogP contribution >= 0.6 is 0 Å². The van der Waals surface area contributed by atoms with E-state index < -0.39 is 5.79 Å². The summed E-state index contributed by atoms with van der Waals surface area (Å²) in [5, 5.41) is 0. The van der Waals surface area contributed by atoms with Gasteiger partial charge < -0.3 is 5.73 Å². The molecule has 2 aliphatic heterocycles. The quantitative estimate of drug-likeness (QED) is 0.584. The van der Waals surface area contributed by atoms with Crippen molar-refractivity contribution in [3.05, 3.63) is 35.7 Å². The first-order chi connectivity index (χ1) is 13.1. The van der Waals surface area contributed by atoms with Gasteiger partial charge >= 0.3 is 0 Å². The number of nitrogens with two attached hydrogens (primary N) is 2. The molecule has 1 aliphatic carbocycles. The number of rotatable bonds is 5. The van der Waals surface area contributed by atoms with Crippen LogP contribution in [0, 0.1) is 0 Å². The van der Waals surface area contributed by atoms with E-state index in [9.17, 15) is 0 Å². The third kappa shape index (κ3) is 4.30. The second-order valence-corrected chi connectivity index (χ2v) is 7.66. The molecule has 1 saturated carbocycles. The Bertz CT molecular complexity index is 686. The summed E-state index contributed by atoms with van der Waals surface area (Å²) in [6, 6.07) is 4.72. The molecule has 1 atom stereocenters. The Hall–Kier alpha value is -2.00. The molecule has 146 valence electrons. The number of aliphatic imine (C=N–C) groups is 1. The fourth-order valence-corrected chi connectivity index (χ4v) is 4.17. The maximum Gasteiger partial charge on any atom is 0.210 e. The van der Waals surface area contributed by atoms with Gasteiger partial charge in [0.1, 0.15) is 0 Å². The number of pyridine rings is 1. The summed E-state index contributed by atoms with van der Waals surface area (Å²) in [6.07, 6.45) is 11.6. The van der Waals surface area contributed by atoms with Crippen molar-refractivity contribution in [3.63, 3.8) is 0 Å². The van der Waals surface area contributed by atoms with Crippen LogP contribution in [0.15, 0.2) is 29.4 Å². The van der Waals surface area contributed by atoms with Crippen molar-refractivity contribution in [2.24, 2.45) is 16.5 Å². The van der Waals surface area contributed by atoms with Crippen LogP contribution in [0.2, 0.25) is 0 Å². The van der Waals surface area contributed by atoms with Gasteiger partial charge in [0, 0.05) is 50.5 Å². The van der Waals surface area contributed by atoms with Crippen LogP contribution in [0.1, 0.15) is 36.9 Å². The number of hydrogen-bond donors (Lipinski definition) is 4. The molecule has 2 fully saturated rings. The van der Waals surface area contributed by atoms with E-state index in [2.05, 4.69) is 42.8 Å². The minimum atomic E-state index is -1.06. The van der Waals surface area contributed by atoms with Crippen molar-refractivity contribution in [2.45, 2.75) is 37.5 Å². The van der Waals surface area contributed by atoms with Crippen molar-refractivity contribution in [2.75, 3.05) is 32.7 Å². The summed E-state index contributed by atoms with van der Waals surface area (Å²) in [6.45, 7) is 5.68. The molecule has 0 spiro atoms. The van der Waals surface area contributed by atoms with Crippen LogP contribution in [-0.4, -0.2) is 59.5 Å². The molecule has 0 amide bonds. The number of aromatic nitrogens is 1. The van der Waals surface area contributed by atoms with E-state index in [-0.39, 0.29) is 5.96 Å². The fourth-order valence-electron chi connectivity index (χ4n) is 4.17. The highest BCUT2D eigenvalue weighted by molar-refractivity contribution is 5.79. The van der Waals surface area contributed by atoms with E-state index in [4.69, 9.17) is 11.5 Å². The zero-order valence-electron chi connectivity index (χ0n) is 15.8. The number of piperazine rings is 1. The molecular weight excluding hydrogens is 340 g/mol. The molecule has 1 unspecified atom stereocenters. The first-order valence-corrected chi connectivity index (χ1v) is 9.89. The second kappa shape index (κ2) is 7.93. The first-order valence-electron chi connectivity index (χ1n) is 9.89. The Morgan fingerprint density at radius 3 is 2.59 bits per heavy atom. The van der Waals surface area contributed by atoms with E-state index >= 15 is 0 Å². The van der Waals surface area contributed by atoms with Gasteiger partial charge in [-0.05, 0) is 25.0 Å². The van der Waals surface area contributed by atoms with Gasteiger partial charge in [0.2, 0.25) is 11.7 Å². The van der Waals surface area contributed by atoms with Crippen molar-refractivity contribution < 1.29 is 0 Å². The van der Waals surface area contributed by atoms with Gasteiger partial charge in [-0.3, -0.25) is 25.9 Å². The monoisotopic (exact) mass is 370 g/mol. The average molecular weight is 371 g/mol. The van der Waals surface area contributed by atoms with Crippen molar-refractivity contribution in [1.29, 1.82) is 0 Å². The van der Waals surface area contributed by atoms with Crippen molar-refractivity contribution >= 4 is 12.0 Å². The minimum absolute atomic E-state index is 0.273. The van der Waals surface area contributed by atoms with Gasteiger partial charge in [-0.25, -0.2) is 4.99 Å². The lowest BCUT2D eigenvalue weighted by Gasteiger charge is -2.37. The largest absolute Gasteiger partial charge is 0.369 e. The topological polar surface area (TPSA) is 108 Å². The number of hydrazine groups is 1. The summed E-state index contributed by atoms with van der Waals surface area (Å²) >= 11 is 0. The Morgan fingerprint density at radius 1 is 1.19 bits per heavy atom. The molecule has 0 radical (unpaired) electrons. The van der Waals surface area contributed by atoms with E-state index in [1.807, 2.05) is 12.1 Å². The van der Waals surface area contributed by atoms with Crippen LogP contribution in [0.25, 0.3) is 6.08 Å². The van der Waals surface area contributed by atoms with Gasteiger partial charge in [0.25, 0.3) is 0 Å². The second-order valence-electron chi connectivity index (χ2n) is 7.66. The average Bonchev–Trinajstić information content (AvgIpc) is 3.33. The molecule has 27 heavy (non-hydrogen) atoms. The third-order valence-electron chi connectivity index (χ3n) is 5.80. The maximum absolute atomic E-state index is 6.17. The molecule has 1 aromatic rings. The molecule has 8 heteroatoms. The summed E-state index contributed by atoms with van der Waals surface area (Å²) in [5.41, 5.74) is 19.0. The lowest BCUT2D eigenvalue weighted by atomic mass is 10.1. The van der Waals surface area contributed by atoms with Gasteiger partial charge in [0.05, 0.1) is 5.69 Å². The zero-order chi connectivity index (χ0) is 18.7. The van der Waals surface area contributed by atoms with Crippen LogP contribution in [-0.2, 0) is 5.79 Å². The van der Waals surface area contributed by atoms with Gasteiger partial charge in [-0.2, -0.15) is 5.43 Å². The first kappa shape index (κ1) is 18.4. The number of guanidine groups is 1. The van der Waals surface area contributed by atoms with E-state index in [0.29, 0.717) is 0 Å². The molecule has 6 N–H and O–H groups in total. The highest BCUT2D eigenvalue weighted by Crippen LogP contribution is 2.24. The van der Waals surface area contributed by atoms with Crippen LogP contribution < -0.4 is 22.3 Å². The van der Waals surface area contributed by atoms with Crippen molar-refractivity contribution in [3.8, 4) is 0 Å². The molecule has 3 aliphatic rings. The summed E-state index contributed by atoms with van der Waals surface area (Å²) < 4.78 is 0. The summed E-state index contributed by atoms with van der Waals surface area (Å²) in [7, 11) is 0. The molecule has 8 nitrogen and oxygen atoms in total. The minimum Gasteiger partial charge on any atom is -0.369 e. The molecule has 4 rings (SSSR count). The Balaban J connectivity index is 1.25. The molecular formula is C19H30N8. The molecule has 3 heterocycles. The summed E-state index contributed by atoms with van der Waals surface area (Å²) in [4.78, 5) is 13.8. The predicted molar refractivity (Wildman–Crippen MR) is 107 cm³/mol. The Morgan fingerprint density at radius 2 is 1.96 bits per heavy atom. The van der Waals surface area contributed by atoms with E-state index in [1.54, 1.807) is 6.20 Å². The third-order valence-corrected chi connectivity index (χ3v) is 5.80. The van der Waals surface area contributed by atoms with Crippen LogP contribution in [0.4, 0.5) is 0 Å². The smallest absolute Gasteiger partial charge is 0.210 e. The van der Waals surface area contributed by atoms with Crippen LogP contribution in [0.5, 0.6) is 0 Å². The van der Waals surface area contributed by atoms with Gasteiger partial charge in [-0.1, -0.05) is 25.0 Å². The number of nitrogens with one attached hydrogen (secondary N) is 2. The Labute approximate surface area is 160 Å².